The maximum atomic E-state index is 12.0. The van der Waals surface area contributed by atoms with Crippen LogP contribution in [0, 0.1) is 11.8 Å². The van der Waals surface area contributed by atoms with Gasteiger partial charge < -0.3 is 20.7 Å². The first-order chi connectivity index (χ1) is 12.6. The van der Waals surface area contributed by atoms with Crippen LogP contribution in [0.4, 0.5) is 5.69 Å². The normalized spacial score (nSPS) is 25.2. The molecule has 1 amide bonds. The Hall–Kier alpha value is -1.14. The number of amides is 1. The molecule has 0 aromatic heterocycles. The fraction of sp³-hybridized carbons (Fsp3) is 0.667. The quantitative estimate of drug-likeness (QED) is 0.662. The van der Waals surface area contributed by atoms with E-state index in [1.165, 1.54) is 24.8 Å². The van der Waals surface area contributed by atoms with Crippen molar-refractivity contribution in [1.82, 2.24) is 10.6 Å². The van der Waals surface area contributed by atoms with Crippen LogP contribution in [-0.4, -0.2) is 37.7 Å². The number of morpholine rings is 1. The summed E-state index contributed by atoms with van der Waals surface area (Å²) in [5.41, 5.74) is 2.10. The standard InChI is InChI=1S/C21H33N3O2.ClH/c1-15(2)11-21(25)24-17-6-3-5-16(12-17)13-23-19-8-4-7-18(19)20-14-26-10-9-22-20;/h3,5-6,12,15,18-20,22-23H,4,7-11,13-14H2,1-2H3,(H,24,25);1H. The molecule has 27 heavy (non-hydrogen) atoms. The predicted molar refractivity (Wildman–Crippen MR) is 112 cm³/mol. The molecule has 0 radical (unpaired) electrons. The van der Waals surface area contributed by atoms with Crippen molar-refractivity contribution in [1.29, 1.82) is 0 Å². The number of rotatable bonds is 7. The number of nitrogens with one attached hydrogen (secondary N) is 3. The summed E-state index contributed by atoms with van der Waals surface area (Å²) < 4.78 is 5.66. The molecule has 6 heteroatoms. The largest absolute Gasteiger partial charge is 0.379 e. The molecule has 5 nitrogen and oxygen atoms in total. The second-order valence-corrected chi connectivity index (χ2v) is 8.06. The Balaban J connectivity index is 0.00000261. The van der Waals surface area contributed by atoms with Crippen molar-refractivity contribution in [3.05, 3.63) is 29.8 Å². The summed E-state index contributed by atoms with van der Waals surface area (Å²) >= 11 is 0. The van der Waals surface area contributed by atoms with E-state index < -0.39 is 0 Å². The summed E-state index contributed by atoms with van der Waals surface area (Å²) in [6.07, 6.45) is 4.34. The summed E-state index contributed by atoms with van der Waals surface area (Å²) in [6, 6.07) is 9.20. The zero-order valence-electron chi connectivity index (χ0n) is 16.5. The summed E-state index contributed by atoms with van der Waals surface area (Å²) in [5.74, 6) is 1.10. The third-order valence-corrected chi connectivity index (χ3v) is 5.41. The van der Waals surface area contributed by atoms with Gasteiger partial charge in [0.05, 0.1) is 13.2 Å². The second kappa shape index (κ2) is 11.0. The highest BCUT2D eigenvalue weighted by molar-refractivity contribution is 5.90. The van der Waals surface area contributed by atoms with E-state index in [0.717, 1.165) is 32.0 Å². The molecular formula is C21H34ClN3O2. The summed E-state index contributed by atoms with van der Waals surface area (Å²) in [6.45, 7) is 7.58. The Bertz CT molecular complexity index is 591. The van der Waals surface area contributed by atoms with Gasteiger partial charge in [0.25, 0.3) is 0 Å². The topological polar surface area (TPSA) is 62.4 Å². The van der Waals surface area contributed by atoms with Gasteiger partial charge in [-0.05, 0) is 42.4 Å². The zero-order chi connectivity index (χ0) is 18.4. The van der Waals surface area contributed by atoms with Gasteiger partial charge in [0.2, 0.25) is 5.91 Å². The number of ether oxygens (including phenoxy) is 1. The van der Waals surface area contributed by atoms with Gasteiger partial charge in [0.15, 0.2) is 0 Å². The molecule has 0 bridgehead atoms. The van der Waals surface area contributed by atoms with Crippen molar-refractivity contribution in [2.75, 3.05) is 25.1 Å². The van der Waals surface area contributed by atoms with Crippen molar-refractivity contribution in [3.63, 3.8) is 0 Å². The SMILES string of the molecule is CC(C)CC(=O)Nc1cccc(CNC2CCCC2C2COCCN2)c1.Cl. The van der Waals surface area contributed by atoms with Gasteiger partial charge in [0, 0.05) is 37.3 Å². The van der Waals surface area contributed by atoms with E-state index in [0.29, 0.717) is 30.3 Å². The number of halogens is 1. The number of hydrogen-bond acceptors (Lipinski definition) is 4. The molecule has 2 fully saturated rings. The molecule has 1 aliphatic carbocycles. The van der Waals surface area contributed by atoms with E-state index in [1.807, 2.05) is 12.1 Å². The monoisotopic (exact) mass is 395 g/mol. The van der Waals surface area contributed by atoms with E-state index >= 15 is 0 Å². The molecule has 3 unspecified atom stereocenters. The molecule has 3 rings (SSSR count). The molecule has 1 heterocycles. The van der Waals surface area contributed by atoms with E-state index in [4.69, 9.17) is 4.74 Å². The molecule has 0 spiro atoms. The van der Waals surface area contributed by atoms with Crippen LogP contribution in [0.3, 0.4) is 0 Å². The predicted octanol–water partition coefficient (Wildman–Crippen LogP) is 3.34. The maximum Gasteiger partial charge on any atom is 0.224 e. The van der Waals surface area contributed by atoms with Gasteiger partial charge in [-0.2, -0.15) is 0 Å². The molecule has 1 aromatic carbocycles. The summed E-state index contributed by atoms with van der Waals surface area (Å²) in [5, 5.41) is 10.4. The molecule has 2 aliphatic rings. The Morgan fingerprint density at radius 1 is 1.33 bits per heavy atom. The second-order valence-electron chi connectivity index (χ2n) is 8.06. The highest BCUT2D eigenvalue weighted by Gasteiger charge is 2.34. The van der Waals surface area contributed by atoms with Crippen molar-refractivity contribution in [2.45, 2.75) is 58.2 Å². The first kappa shape index (κ1) is 22.2. The zero-order valence-corrected chi connectivity index (χ0v) is 17.3. The Kier molecular flexibility index (Phi) is 9.03. The first-order valence-electron chi connectivity index (χ1n) is 10.0. The van der Waals surface area contributed by atoms with E-state index in [-0.39, 0.29) is 18.3 Å². The van der Waals surface area contributed by atoms with Crippen LogP contribution >= 0.6 is 12.4 Å². The minimum atomic E-state index is 0. The Morgan fingerprint density at radius 3 is 2.93 bits per heavy atom. The van der Waals surface area contributed by atoms with Gasteiger partial charge in [-0.25, -0.2) is 0 Å². The van der Waals surface area contributed by atoms with E-state index in [2.05, 4.69) is 41.9 Å². The number of anilines is 1. The van der Waals surface area contributed by atoms with Crippen LogP contribution in [0.5, 0.6) is 0 Å². The highest BCUT2D eigenvalue weighted by Crippen LogP contribution is 2.29. The van der Waals surface area contributed by atoms with Crippen molar-refractivity contribution in [3.8, 4) is 0 Å². The number of benzene rings is 1. The van der Waals surface area contributed by atoms with Gasteiger partial charge in [-0.15, -0.1) is 12.4 Å². The van der Waals surface area contributed by atoms with Crippen LogP contribution < -0.4 is 16.0 Å². The third-order valence-electron chi connectivity index (χ3n) is 5.41. The molecule has 1 aliphatic heterocycles. The van der Waals surface area contributed by atoms with Crippen molar-refractivity contribution < 1.29 is 9.53 Å². The van der Waals surface area contributed by atoms with Crippen molar-refractivity contribution in [2.24, 2.45) is 11.8 Å². The summed E-state index contributed by atoms with van der Waals surface area (Å²) in [4.78, 5) is 12.0. The molecule has 1 aromatic rings. The first-order valence-corrected chi connectivity index (χ1v) is 10.0. The van der Waals surface area contributed by atoms with Crippen LogP contribution in [0.1, 0.15) is 45.1 Å². The van der Waals surface area contributed by atoms with Gasteiger partial charge in [-0.1, -0.05) is 32.4 Å². The number of hydrogen-bond donors (Lipinski definition) is 3. The van der Waals surface area contributed by atoms with Crippen LogP contribution in [-0.2, 0) is 16.1 Å². The lowest BCUT2D eigenvalue weighted by atomic mass is 9.94. The van der Waals surface area contributed by atoms with Gasteiger partial charge in [0.1, 0.15) is 0 Å². The average molecular weight is 396 g/mol. The molecule has 3 N–H and O–H groups in total. The van der Waals surface area contributed by atoms with E-state index in [9.17, 15) is 4.79 Å². The van der Waals surface area contributed by atoms with Crippen LogP contribution in [0.2, 0.25) is 0 Å². The smallest absolute Gasteiger partial charge is 0.224 e. The summed E-state index contributed by atoms with van der Waals surface area (Å²) in [7, 11) is 0. The van der Waals surface area contributed by atoms with Gasteiger partial charge >= 0.3 is 0 Å². The number of carbonyl (C=O) groups excluding carboxylic acids is 1. The molecule has 152 valence electrons. The minimum Gasteiger partial charge on any atom is -0.379 e. The maximum absolute atomic E-state index is 12.0. The number of carbonyl (C=O) groups is 1. The lowest BCUT2D eigenvalue weighted by Gasteiger charge is -2.33. The fourth-order valence-corrected chi connectivity index (χ4v) is 4.18. The highest BCUT2D eigenvalue weighted by atomic mass is 35.5. The third kappa shape index (κ3) is 6.75. The molecule has 3 atom stereocenters. The molecular weight excluding hydrogens is 362 g/mol. The Labute approximate surface area is 169 Å². The molecule has 1 saturated heterocycles. The van der Waals surface area contributed by atoms with E-state index in [1.54, 1.807) is 0 Å². The lowest BCUT2D eigenvalue weighted by Crippen LogP contribution is -2.50. The van der Waals surface area contributed by atoms with Crippen molar-refractivity contribution >= 4 is 24.0 Å². The molecule has 1 saturated carbocycles. The average Bonchev–Trinajstić information content (AvgIpc) is 3.09. The minimum absolute atomic E-state index is 0. The van der Waals surface area contributed by atoms with Gasteiger partial charge in [-0.3, -0.25) is 4.79 Å². The fourth-order valence-electron chi connectivity index (χ4n) is 4.18. The van der Waals surface area contributed by atoms with Crippen LogP contribution in [0.25, 0.3) is 0 Å². The Morgan fingerprint density at radius 2 is 2.19 bits per heavy atom. The van der Waals surface area contributed by atoms with Crippen LogP contribution in [0.15, 0.2) is 24.3 Å². The lowest BCUT2D eigenvalue weighted by molar-refractivity contribution is -0.116.